The maximum absolute atomic E-state index is 5.89. The van der Waals surface area contributed by atoms with Crippen molar-refractivity contribution < 1.29 is 13.7 Å². The van der Waals surface area contributed by atoms with Crippen molar-refractivity contribution in [1.82, 2.24) is 15.1 Å². The second kappa shape index (κ2) is 5.94. The second-order valence-electron chi connectivity index (χ2n) is 5.64. The summed E-state index contributed by atoms with van der Waals surface area (Å²) in [5.41, 5.74) is 9.05. The molecule has 2 N–H and O–H groups in total. The Morgan fingerprint density at radius 2 is 1.96 bits per heavy atom. The van der Waals surface area contributed by atoms with Crippen LogP contribution in [0.1, 0.15) is 17.0 Å². The molecule has 0 atom stereocenters. The van der Waals surface area contributed by atoms with Crippen LogP contribution in [0.15, 0.2) is 45.3 Å². The molecule has 4 rings (SSSR count). The number of aryl methyl sites for hydroxylation is 1. The number of fused-ring (bicyclic) bond motifs is 1. The topological polar surface area (TPSA) is 100 Å². The van der Waals surface area contributed by atoms with Gasteiger partial charge in [-0.05, 0) is 25.1 Å². The highest BCUT2D eigenvalue weighted by molar-refractivity contribution is 5.88. The van der Waals surface area contributed by atoms with Crippen molar-refractivity contribution in [2.24, 2.45) is 0 Å². The molecular weight excluding hydrogens is 320 g/mol. The number of para-hydroxylation sites is 1. The van der Waals surface area contributed by atoms with E-state index >= 15 is 0 Å². The summed E-state index contributed by atoms with van der Waals surface area (Å²) in [6.07, 6.45) is 0.504. The van der Waals surface area contributed by atoms with Gasteiger partial charge in [-0.15, -0.1) is 0 Å². The van der Waals surface area contributed by atoms with Crippen LogP contribution in [0.3, 0.4) is 0 Å². The number of furan rings is 1. The van der Waals surface area contributed by atoms with E-state index in [-0.39, 0.29) is 5.95 Å². The number of nitrogens with two attached hydrogens (primary N) is 1. The molecule has 0 amide bonds. The molecule has 0 unspecified atom stereocenters. The van der Waals surface area contributed by atoms with Crippen LogP contribution in [0, 0.1) is 6.92 Å². The fourth-order valence-corrected chi connectivity index (χ4v) is 2.77. The van der Waals surface area contributed by atoms with Crippen LogP contribution >= 0.6 is 0 Å². The maximum atomic E-state index is 5.89. The van der Waals surface area contributed by atoms with Gasteiger partial charge in [0.25, 0.3) is 0 Å². The molecule has 3 heterocycles. The van der Waals surface area contributed by atoms with E-state index in [2.05, 4.69) is 15.1 Å². The fraction of sp³-hybridized carbons (Fsp3) is 0.167. The zero-order valence-electron chi connectivity index (χ0n) is 13.8. The molecule has 3 aromatic heterocycles. The Bertz CT molecular complexity index is 1050. The third-order valence-corrected chi connectivity index (χ3v) is 3.93. The molecule has 7 heteroatoms. The highest BCUT2D eigenvalue weighted by Crippen LogP contribution is 2.31. The van der Waals surface area contributed by atoms with Gasteiger partial charge in [0.1, 0.15) is 22.7 Å². The molecule has 0 spiro atoms. The third kappa shape index (κ3) is 2.69. The third-order valence-electron chi connectivity index (χ3n) is 3.93. The van der Waals surface area contributed by atoms with Crippen LogP contribution in [0.5, 0.6) is 5.75 Å². The van der Waals surface area contributed by atoms with Crippen molar-refractivity contribution in [3.8, 4) is 17.2 Å². The molecule has 0 saturated heterocycles. The first-order valence-corrected chi connectivity index (χ1v) is 7.76. The van der Waals surface area contributed by atoms with Crippen LogP contribution in [0.25, 0.3) is 22.6 Å². The normalized spacial score (nSPS) is 11.1. The van der Waals surface area contributed by atoms with Crippen molar-refractivity contribution in [2.45, 2.75) is 13.3 Å². The minimum Gasteiger partial charge on any atom is -0.496 e. The number of hydrogen-bond donors (Lipinski definition) is 1. The first-order valence-electron chi connectivity index (χ1n) is 7.76. The molecule has 0 aliphatic heterocycles. The van der Waals surface area contributed by atoms with Crippen molar-refractivity contribution in [3.63, 3.8) is 0 Å². The molecule has 25 heavy (non-hydrogen) atoms. The lowest BCUT2D eigenvalue weighted by molar-refractivity contribution is 0.409. The monoisotopic (exact) mass is 336 g/mol. The van der Waals surface area contributed by atoms with Gasteiger partial charge in [0.2, 0.25) is 11.5 Å². The van der Waals surface area contributed by atoms with Gasteiger partial charge >= 0.3 is 0 Å². The number of hydrogen-bond acceptors (Lipinski definition) is 7. The Labute approximate surface area is 143 Å². The van der Waals surface area contributed by atoms with Gasteiger partial charge < -0.3 is 19.4 Å². The van der Waals surface area contributed by atoms with E-state index in [1.165, 1.54) is 0 Å². The predicted molar refractivity (Wildman–Crippen MR) is 92.3 cm³/mol. The molecule has 1 aromatic carbocycles. The fourth-order valence-electron chi connectivity index (χ4n) is 2.77. The Morgan fingerprint density at radius 1 is 1.12 bits per heavy atom. The lowest BCUT2D eigenvalue weighted by Gasteiger charge is -2.06. The molecule has 0 aliphatic carbocycles. The van der Waals surface area contributed by atoms with Crippen LogP contribution in [-0.4, -0.2) is 22.2 Å². The summed E-state index contributed by atoms with van der Waals surface area (Å²) >= 11 is 0. The van der Waals surface area contributed by atoms with Gasteiger partial charge in [-0.25, -0.2) is 9.97 Å². The molecule has 4 aromatic rings. The summed E-state index contributed by atoms with van der Waals surface area (Å²) < 4.78 is 16.6. The number of rotatable bonds is 4. The first-order chi connectivity index (χ1) is 12.2. The number of anilines is 1. The molecular formula is C18H16N4O3. The molecule has 126 valence electrons. The SMILES string of the molecule is COc1ccccc1Cc1noc2c(-c3ccc(C)o3)nc(N)nc12. The minimum atomic E-state index is 0.140. The van der Waals surface area contributed by atoms with Crippen molar-refractivity contribution in [1.29, 1.82) is 0 Å². The van der Waals surface area contributed by atoms with E-state index in [4.69, 9.17) is 19.4 Å². The van der Waals surface area contributed by atoms with Gasteiger partial charge in [0, 0.05) is 12.0 Å². The quantitative estimate of drug-likeness (QED) is 0.609. The number of ether oxygens (including phenoxy) is 1. The van der Waals surface area contributed by atoms with Crippen molar-refractivity contribution >= 4 is 17.0 Å². The summed E-state index contributed by atoms with van der Waals surface area (Å²) in [7, 11) is 1.64. The van der Waals surface area contributed by atoms with Gasteiger partial charge in [-0.1, -0.05) is 23.4 Å². The van der Waals surface area contributed by atoms with Gasteiger partial charge in [-0.3, -0.25) is 0 Å². The Kier molecular flexibility index (Phi) is 3.61. The first kappa shape index (κ1) is 15.2. The predicted octanol–water partition coefficient (Wildman–Crippen LogP) is 3.37. The van der Waals surface area contributed by atoms with Crippen molar-refractivity contribution in [2.75, 3.05) is 12.8 Å². The summed E-state index contributed by atoms with van der Waals surface area (Å²) in [5.74, 6) is 2.26. The van der Waals surface area contributed by atoms with E-state index in [1.807, 2.05) is 43.3 Å². The molecule has 0 radical (unpaired) electrons. The van der Waals surface area contributed by atoms with Crippen LogP contribution in [-0.2, 0) is 6.42 Å². The minimum absolute atomic E-state index is 0.140. The zero-order valence-corrected chi connectivity index (χ0v) is 13.8. The largest absolute Gasteiger partial charge is 0.496 e. The number of nitrogen functional groups attached to an aromatic ring is 1. The average molecular weight is 336 g/mol. The number of nitrogens with zero attached hydrogens (tertiary/aromatic N) is 3. The highest BCUT2D eigenvalue weighted by Gasteiger charge is 2.20. The van der Waals surface area contributed by atoms with Crippen LogP contribution < -0.4 is 10.5 Å². The van der Waals surface area contributed by atoms with Crippen molar-refractivity contribution in [3.05, 3.63) is 53.4 Å². The lowest BCUT2D eigenvalue weighted by atomic mass is 10.1. The number of aromatic nitrogens is 3. The summed E-state index contributed by atoms with van der Waals surface area (Å²) in [5, 5.41) is 4.17. The molecule has 7 nitrogen and oxygen atoms in total. The molecule has 0 aliphatic rings. The van der Waals surface area contributed by atoms with Gasteiger partial charge in [0.15, 0.2) is 11.5 Å². The standard InChI is InChI=1S/C18H16N4O3/c1-10-7-8-14(24-10)16-17-15(20-18(19)21-16)12(22-25-17)9-11-5-3-4-6-13(11)23-2/h3-8H,9H2,1-2H3,(H2,19,20,21). The van der Waals surface area contributed by atoms with E-state index in [0.29, 0.717) is 34.7 Å². The van der Waals surface area contributed by atoms with E-state index < -0.39 is 0 Å². The highest BCUT2D eigenvalue weighted by atomic mass is 16.5. The number of methoxy groups -OCH3 is 1. The summed E-state index contributed by atoms with van der Waals surface area (Å²) in [6.45, 7) is 1.86. The number of benzene rings is 1. The molecule has 0 bridgehead atoms. The summed E-state index contributed by atoms with van der Waals surface area (Å²) in [6, 6.07) is 11.4. The smallest absolute Gasteiger partial charge is 0.221 e. The Morgan fingerprint density at radius 3 is 2.72 bits per heavy atom. The summed E-state index contributed by atoms with van der Waals surface area (Å²) in [4.78, 5) is 8.56. The van der Waals surface area contributed by atoms with Gasteiger partial charge in [-0.2, -0.15) is 0 Å². The zero-order chi connectivity index (χ0) is 17.4. The van der Waals surface area contributed by atoms with Crippen LogP contribution in [0.4, 0.5) is 5.95 Å². The van der Waals surface area contributed by atoms with Crippen LogP contribution in [0.2, 0.25) is 0 Å². The Balaban J connectivity index is 1.83. The molecule has 0 saturated carbocycles. The van der Waals surface area contributed by atoms with E-state index in [0.717, 1.165) is 17.1 Å². The van der Waals surface area contributed by atoms with Gasteiger partial charge in [0.05, 0.1) is 7.11 Å². The van der Waals surface area contributed by atoms with E-state index in [9.17, 15) is 0 Å². The average Bonchev–Trinajstić information content (AvgIpc) is 3.21. The second-order valence-corrected chi connectivity index (χ2v) is 5.64. The Hall–Kier alpha value is -3.35. The molecule has 0 fully saturated rings. The maximum Gasteiger partial charge on any atom is 0.221 e. The lowest BCUT2D eigenvalue weighted by Crippen LogP contribution is -1.99. The van der Waals surface area contributed by atoms with E-state index in [1.54, 1.807) is 7.11 Å².